The van der Waals surface area contributed by atoms with Gasteiger partial charge >= 0.3 is 11.9 Å². The van der Waals surface area contributed by atoms with Crippen molar-refractivity contribution in [2.45, 2.75) is 174 Å². The quantitative estimate of drug-likeness (QED) is 0.0196. The Morgan fingerprint density at radius 3 is 1.33 bits per heavy atom. The second-order valence-electron chi connectivity index (χ2n) is 16.4. The molecule has 0 heterocycles. The van der Waals surface area contributed by atoms with Crippen molar-refractivity contribution in [2.24, 2.45) is 0 Å². The summed E-state index contributed by atoms with van der Waals surface area (Å²) in [5.41, 5.74) is 0. The molecule has 2 unspecified atom stereocenters. The molecule has 0 rings (SSSR count). The molecule has 0 aliphatic carbocycles. The van der Waals surface area contributed by atoms with Crippen molar-refractivity contribution in [3.8, 4) is 0 Å². The first-order chi connectivity index (χ1) is 29.0. The molecular formula is C50H86NO8P. The summed E-state index contributed by atoms with van der Waals surface area (Å²) in [5.74, 6) is -0.869. The molecular weight excluding hydrogens is 774 g/mol. The van der Waals surface area contributed by atoms with E-state index in [4.69, 9.17) is 18.5 Å². The largest absolute Gasteiger partial charge is 0.756 e. The van der Waals surface area contributed by atoms with Crippen LogP contribution in [0.5, 0.6) is 0 Å². The number of hydrogen-bond donors (Lipinski definition) is 0. The van der Waals surface area contributed by atoms with E-state index in [1.54, 1.807) is 0 Å². The highest BCUT2D eigenvalue weighted by Gasteiger charge is 2.21. The molecule has 0 saturated carbocycles. The molecule has 0 aromatic heterocycles. The smallest absolute Gasteiger partial charge is 0.306 e. The second-order valence-corrected chi connectivity index (χ2v) is 17.8. The summed E-state index contributed by atoms with van der Waals surface area (Å²) in [6.07, 6.45) is 53.2. The summed E-state index contributed by atoms with van der Waals surface area (Å²) in [6.45, 7) is 3.96. The van der Waals surface area contributed by atoms with E-state index in [2.05, 4.69) is 98.9 Å². The fourth-order valence-corrected chi connectivity index (χ4v) is 6.56. The van der Waals surface area contributed by atoms with Gasteiger partial charge in [0.15, 0.2) is 6.10 Å². The Morgan fingerprint density at radius 2 is 0.900 bits per heavy atom. The number of nitrogens with zero attached hydrogens (tertiary/aromatic N) is 1. The predicted octanol–water partition coefficient (Wildman–Crippen LogP) is 12.9. The minimum atomic E-state index is -4.64. The van der Waals surface area contributed by atoms with Crippen LogP contribution in [0.3, 0.4) is 0 Å². The number of hydrogen-bond acceptors (Lipinski definition) is 8. The first kappa shape index (κ1) is 57.2. The van der Waals surface area contributed by atoms with Crippen molar-refractivity contribution < 1.29 is 42.1 Å². The van der Waals surface area contributed by atoms with E-state index in [1.165, 1.54) is 19.3 Å². The number of phosphoric ester groups is 1. The molecule has 0 N–H and O–H groups in total. The molecule has 0 amide bonds. The van der Waals surface area contributed by atoms with Gasteiger partial charge < -0.3 is 27.9 Å². The van der Waals surface area contributed by atoms with Crippen molar-refractivity contribution in [1.82, 2.24) is 0 Å². The molecule has 0 aromatic carbocycles. The Labute approximate surface area is 367 Å². The van der Waals surface area contributed by atoms with Crippen LogP contribution in [0.2, 0.25) is 0 Å². The topological polar surface area (TPSA) is 111 Å². The number of rotatable bonds is 41. The minimum Gasteiger partial charge on any atom is -0.756 e. The maximum absolute atomic E-state index is 12.7. The fraction of sp³-hybridized carbons (Fsp3) is 0.680. The van der Waals surface area contributed by atoms with Crippen LogP contribution in [-0.2, 0) is 32.7 Å². The number of unbranched alkanes of at least 4 members (excludes halogenated alkanes) is 13. The molecule has 0 aliphatic heterocycles. The Bertz CT molecular complexity index is 1290. The van der Waals surface area contributed by atoms with Gasteiger partial charge in [-0.1, -0.05) is 157 Å². The third-order valence-corrected chi connectivity index (χ3v) is 10.4. The summed E-state index contributed by atoms with van der Waals surface area (Å²) < 4.78 is 33.9. The van der Waals surface area contributed by atoms with Gasteiger partial charge in [-0.2, -0.15) is 0 Å². The van der Waals surface area contributed by atoms with Crippen molar-refractivity contribution in [3.05, 3.63) is 85.1 Å². The third-order valence-electron chi connectivity index (χ3n) is 9.41. The number of esters is 2. The molecule has 60 heavy (non-hydrogen) atoms. The molecule has 0 spiro atoms. The minimum absolute atomic E-state index is 0.0404. The summed E-state index contributed by atoms with van der Waals surface area (Å²) in [4.78, 5) is 37.6. The summed E-state index contributed by atoms with van der Waals surface area (Å²) in [5, 5.41) is 0. The number of carbonyl (C=O) groups excluding carboxylic acids is 2. The highest BCUT2D eigenvalue weighted by atomic mass is 31.2. The highest BCUT2D eigenvalue weighted by Crippen LogP contribution is 2.38. The van der Waals surface area contributed by atoms with E-state index >= 15 is 0 Å². The first-order valence-corrected chi connectivity index (χ1v) is 24.8. The monoisotopic (exact) mass is 860 g/mol. The van der Waals surface area contributed by atoms with Gasteiger partial charge in [-0.25, -0.2) is 0 Å². The van der Waals surface area contributed by atoms with Crippen LogP contribution in [0.25, 0.3) is 0 Å². The van der Waals surface area contributed by atoms with Crippen LogP contribution in [-0.4, -0.2) is 70.0 Å². The van der Waals surface area contributed by atoms with E-state index in [9.17, 15) is 19.0 Å². The SMILES string of the molecule is CC/C=C\C/C=C\C/C=C\C/C=C\CCCCCCCCC(=O)OC(COC(=O)CCCCCCCCC/C=C\C/C=C\C/C=C\CC)COP(=O)([O-])OCC[N+](C)(C)C. The van der Waals surface area contributed by atoms with Gasteiger partial charge in [0, 0.05) is 12.8 Å². The second kappa shape index (κ2) is 41.5. The summed E-state index contributed by atoms with van der Waals surface area (Å²) >= 11 is 0. The molecule has 0 fully saturated rings. The van der Waals surface area contributed by atoms with Crippen LogP contribution >= 0.6 is 7.82 Å². The van der Waals surface area contributed by atoms with Crippen molar-refractivity contribution in [1.29, 1.82) is 0 Å². The average Bonchev–Trinajstić information content (AvgIpc) is 3.20. The summed E-state index contributed by atoms with van der Waals surface area (Å²) in [6, 6.07) is 0. The van der Waals surface area contributed by atoms with Gasteiger partial charge in [-0.15, -0.1) is 0 Å². The van der Waals surface area contributed by atoms with Gasteiger partial charge in [-0.3, -0.25) is 14.2 Å². The zero-order valence-electron chi connectivity index (χ0n) is 38.6. The summed E-state index contributed by atoms with van der Waals surface area (Å²) in [7, 11) is 1.13. The standard InChI is InChI=1S/C50H86NO8P/c1-6-8-10-12-14-16-18-20-22-24-25-27-29-31-33-35-37-39-41-43-50(53)59-48(47-58-60(54,55)57-45-44-51(3,4)5)46-56-49(52)42-40-38-36-34-32-30-28-26-23-21-19-17-15-13-11-9-7-2/h8-11,14-17,20-23,25,27,48H,6-7,12-13,18-19,24,26,28-47H2,1-5H3/b10-8-,11-9-,16-14-,17-15-,22-20-,23-21-,27-25-. The van der Waals surface area contributed by atoms with Gasteiger partial charge in [0.2, 0.25) is 0 Å². The van der Waals surface area contributed by atoms with Gasteiger partial charge in [-0.05, 0) is 83.5 Å². The molecule has 9 nitrogen and oxygen atoms in total. The van der Waals surface area contributed by atoms with E-state index in [1.807, 2.05) is 21.1 Å². The Kier molecular flexibility index (Phi) is 39.6. The zero-order valence-corrected chi connectivity index (χ0v) is 39.5. The van der Waals surface area contributed by atoms with Gasteiger partial charge in [0.25, 0.3) is 7.82 Å². The Balaban J connectivity index is 4.38. The van der Waals surface area contributed by atoms with Gasteiger partial charge in [0.1, 0.15) is 19.8 Å². The number of carbonyl (C=O) groups is 2. The van der Waals surface area contributed by atoms with Crippen LogP contribution in [0.15, 0.2) is 85.1 Å². The van der Waals surface area contributed by atoms with Crippen LogP contribution in [0.1, 0.15) is 168 Å². The van der Waals surface area contributed by atoms with E-state index in [0.717, 1.165) is 109 Å². The lowest BCUT2D eigenvalue weighted by molar-refractivity contribution is -0.870. The number of quaternary nitrogens is 1. The van der Waals surface area contributed by atoms with Gasteiger partial charge in [0.05, 0.1) is 27.7 Å². The number of allylic oxidation sites excluding steroid dienone is 14. The molecule has 344 valence electrons. The normalized spacial score (nSPS) is 14.3. The van der Waals surface area contributed by atoms with Crippen molar-refractivity contribution in [2.75, 3.05) is 47.5 Å². The molecule has 0 aromatic rings. The van der Waals surface area contributed by atoms with Crippen LogP contribution in [0, 0.1) is 0 Å². The average molecular weight is 860 g/mol. The zero-order chi connectivity index (χ0) is 44.3. The molecule has 10 heteroatoms. The maximum atomic E-state index is 12.7. The van der Waals surface area contributed by atoms with Crippen LogP contribution < -0.4 is 4.89 Å². The lowest BCUT2D eigenvalue weighted by Crippen LogP contribution is -2.37. The lowest BCUT2D eigenvalue weighted by atomic mass is 10.1. The molecule has 2 atom stereocenters. The fourth-order valence-electron chi connectivity index (χ4n) is 5.84. The van der Waals surface area contributed by atoms with E-state index in [-0.39, 0.29) is 26.1 Å². The number of likely N-dealkylation sites (N-methyl/N-ethyl adjacent to an activating group) is 1. The molecule has 0 aliphatic rings. The predicted molar refractivity (Wildman–Crippen MR) is 249 cm³/mol. The lowest BCUT2D eigenvalue weighted by Gasteiger charge is -2.28. The van der Waals surface area contributed by atoms with E-state index in [0.29, 0.717) is 23.9 Å². The maximum Gasteiger partial charge on any atom is 0.306 e. The Morgan fingerprint density at radius 1 is 0.517 bits per heavy atom. The van der Waals surface area contributed by atoms with Crippen LogP contribution in [0.4, 0.5) is 0 Å². The number of ether oxygens (including phenoxy) is 2. The number of phosphoric acid groups is 1. The molecule has 0 saturated heterocycles. The third kappa shape index (κ3) is 44.7. The molecule has 0 bridgehead atoms. The van der Waals surface area contributed by atoms with E-state index < -0.39 is 32.5 Å². The molecule has 0 radical (unpaired) electrons. The first-order valence-electron chi connectivity index (χ1n) is 23.3. The van der Waals surface area contributed by atoms with Crippen molar-refractivity contribution >= 4 is 19.8 Å². The Hall–Kier alpha value is -2.81. The highest BCUT2D eigenvalue weighted by molar-refractivity contribution is 7.45. The van der Waals surface area contributed by atoms with Crippen molar-refractivity contribution in [3.63, 3.8) is 0 Å².